The molecule has 0 aliphatic rings. The molecule has 0 atom stereocenters. The van der Waals surface area contributed by atoms with Gasteiger partial charge in [0.15, 0.2) is 0 Å². The fourth-order valence-electron chi connectivity index (χ4n) is 2.39. The molecule has 0 radical (unpaired) electrons. The molecule has 0 aliphatic heterocycles. The third-order valence-electron chi connectivity index (χ3n) is 3.53. The van der Waals surface area contributed by atoms with Gasteiger partial charge in [-0.1, -0.05) is 15.9 Å². The van der Waals surface area contributed by atoms with Crippen LogP contribution >= 0.6 is 28.1 Å². The van der Waals surface area contributed by atoms with Crippen LogP contribution in [0.1, 0.15) is 11.4 Å². The van der Waals surface area contributed by atoms with Crippen LogP contribution in [0.3, 0.4) is 0 Å². The van der Waals surface area contributed by atoms with Gasteiger partial charge in [0.2, 0.25) is 10.7 Å². The Balaban J connectivity index is 1.79. The van der Waals surface area contributed by atoms with E-state index in [1.54, 1.807) is 4.68 Å². The molecule has 0 saturated heterocycles. The molecule has 3 rings (SSSR count). The molecule has 1 amide bonds. The van der Waals surface area contributed by atoms with Crippen LogP contribution < -0.4 is 5.32 Å². The highest BCUT2D eigenvalue weighted by Gasteiger charge is 2.12. The Morgan fingerprint density at radius 1 is 1.29 bits per heavy atom. The summed E-state index contributed by atoms with van der Waals surface area (Å²) < 4.78 is 6.59. The van der Waals surface area contributed by atoms with Gasteiger partial charge in [-0.25, -0.2) is 9.36 Å². The number of rotatable bonds is 4. The lowest BCUT2D eigenvalue weighted by Gasteiger charge is -2.07. The maximum Gasteiger partial charge on any atom is 0.246 e. The van der Waals surface area contributed by atoms with Crippen LogP contribution in [-0.4, -0.2) is 25.0 Å². The van der Waals surface area contributed by atoms with Crippen molar-refractivity contribution in [3.63, 3.8) is 0 Å². The standard InChI is InChI=1S/C16H16BrN5OS/c1-11-9-13(5-6-14(11)17)18-15(23)10-21-16(24)22(12(2)19-21)20-7-3-4-8-20/h3-9H,10H2,1-2H3,(H,18,23). The summed E-state index contributed by atoms with van der Waals surface area (Å²) in [7, 11) is 0. The van der Waals surface area contributed by atoms with Crippen molar-refractivity contribution < 1.29 is 4.79 Å². The van der Waals surface area contributed by atoms with Crippen molar-refractivity contribution in [3.05, 3.63) is 63.4 Å². The summed E-state index contributed by atoms with van der Waals surface area (Å²) in [6.07, 6.45) is 3.75. The zero-order chi connectivity index (χ0) is 17.3. The SMILES string of the molecule is Cc1cc(NC(=O)Cn2nc(C)n(-n3cccc3)c2=S)ccc1Br. The second-order valence-electron chi connectivity index (χ2n) is 5.37. The van der Waals surface area contributed by atoms with E-state index in [4.69, 9.17) is 12.2 Å². The fraction of sp³-hybridized carbons (Fsp3) is 0.188. The average Bonchev–Trinajstić information content (AvgIpc) is 3.12. The predicted octanol–water partition coefficient (Wildman–Crippen LogP) is 3.55. The number of carbonyl (C=O) groups is 1. The molecule has 0 saturated carbocycles. The lowest BCUT2D eigenvalue weighted by molar-refractivity contribution is -0.116. The Hall–Kier alpha value is -2.19. The minimum atomic E-state index is -0.176. The minimum Gasteiger partial charge on any atom is -0.324 e. The first-order valence-electron chi connectivity index (χ1n) is 7.32. The van der Waals surface area contributed by atoms with Gasteiger partial charge in [-0.15, -0.1) is 0 Å². The summed E-state index contributed by atoms with van der Waals surface area (Å²) in [4.78, 5) is 12.3. The van der Waals surface area contributed by atoms with Crippen molar-refractivity contribution in [3.8, 4) is 0 Å². The first-order valence-corrected chi connectivity index (χ1v) is 8.52. The van der Waals surface area contributed by atoms with E-state index >= 15 is 0 Å². The molecule has 0 fully saturated rings. The first-order chi connectivity index (χ1) is 11.5. The summed E-state index contributed by atoms with van der Waals surface area (Å²) in [5.74, 6) is 0.536. The number of hydrogen-bond acceptors (Lipinski definition) is 3. The average molecular weight is 406 g/mol. The summed E-state index contributed by atoms with van der Waals surface area (Å²) in [6, 6.07) is 9.46. The number of nitrogens with one attached hydrogen (secondary N) is 1. The largest absolute Gasteiger partial charge is 0.324 e. The maximum absolute atomic E-state index is 12.3. The number of nitrogens with zero attached hydrogens (tertiary/aromatic N) is 4. The van der Waals surface area contributed by atoms with Crippen LogP contribution in [0.2, 0.25) is 0 Å². The zero-order valence-corrected chi connectivity index (χ0v) is 15.6. The molecule has 1 aromatic carbocycles. The monoisotopic (exact) mass is 405 g/mol. The lowest BCUT2D eigenvalue weighted by Crippen LogP contribution is -2.20. The number of aryl methyl sites for hydroxylation is 2. The van der Waals surface area contributed by atoms with Gasteiger partial charge >= 0.3 is 0 Å². The Bertz CT molecular complexity index is 942. The molecule has 0 bridgehead atoms. The van der Waals surface area contributed by atoms with Crippen LogP contribution in [0.4, 0.5) is 5.69 Å². The molecule has 3 aromatic rings. The molecule has 124 valence electrons. The van der Waals surface area contributed by atoms with E-state index in [-0.39, 0.29) is 12.5 Å². The van der Waals surface area contributed by atoms with Crippen LogP contribution in [0.25, 0.3) is 0 Å². The van der Waals surface area contributed by atoms with E-state index in [0.29, 0.717) is 10.6 Å². The Morgan fingerprint density at radius 3 is 2.67 bits per heavy atom. The number of halogens is 1. The van der Waals surface area contributed by atoms with E-state index in [1.807, 2.05) is 61.2 Å². The van der Waals surface area contributed by atoms with Gasteiger partial charge in [-0.3, -0.25) is 9.47 Å². The molecule has 6 nitrogen and oxygen atoms in total. The molecular weight excluding hydrogens is 390 g/mol. The normalized spacial score (nSPS) is 10.8. The van der Waals surface area contributed by atoms with Crippen molar-refractivity contribution in [2.24, 2.45) is 0 Å². The second-order valence-corrected chi connectivity index (χ2v) is 6.59. The summed E-state index contributed by atoms with van der Waals surface area (Å²) >= 11 is 8.88. The van der Waals surface area contributed by atoms with Gasteiger partial charge in [0, 0.05) is 22.6 Å². The topological polar surface area (TPSA) is 56.8 Å². The molecule has 8 heteroatoms. The Labute approximate surface area is 152 Å². The molecule has 0 spiro atoms. The molecule has 0 aliphatic carbocycles. The van der Waals surface area contributed by atoms with Gasteiger partial charge in [0.25, 0.3) is 0 Å². The van der Waals surface area contributed by atoms with E-state index in [0.717, 1.165) is 15.7 Å². The van der Waals surface area contributed by atoms with Crippen molar-refractivity contribution >= 4 is 39.7 Å². The van der Waals surface area contributed by atoms with Gasteiger partial charge in [0.05, 0.1) is 0 Å². The van der Waals surface area contributed by atoms with Crippen LogP contribution in [-0.2, 0) is 11.3 Å². The van der Waals surface area contributed by atoms with E-state index in [1.165, 1.54) is 4.68 Å². The summed E-state index contributed by atoms with van der Waals surface area (Å²) in [5, 5.41) is 7.23. The second kappa shape index (κ2) is 6.74. The predicted molar refractivity (Wildman–Crippen MR) is 98.5 cm³/mol. The van der Waals surface area contributed by atoms with Crippen LogP contribution in [0, 0.1) is 18.6 Å². The van der Waals surface area contributed by atoms with E-state index < -0.39 is 0 Å². The van der Waals surface area contributed by atoms with E-state index in [9.17, 15) is 4.79 Å². The highest BCUT2D eigenvalue weighted by atomic mass is 79.9. The number of aromatic nitrogens is 4. The Morgan fingerprint density at radius 2 is 2.00 bits per heavy atom. The van der Waals surface area contributed by atoms with Crippen molar-refractivity contribution in [1.29, 1.82) is 0 Å². The highest BCUT2D eigenvalue weighted by molar-refractivity contribution is 9.10. The van der Waals surface area contributed by atoms with E-state index in [2.05, 4.69) is 26.3 Å². The van der Waals surface area contributed by atoms with Crippen LogP contribution in [0.5, 0.6) is 0 Å². The smallest absolute Gasteiger partial charge is 0.246 e. The summed E-state index contributed by atoms with van der Waals surface area (Å²) in [5.41, 5.74) is 1.80. The zero-order valence-electron chi connectivity index (χ0n) is 13.2. The number of amides is 1. The molecule has 0 unspecified atom stereocenters. The molecular formula is C16H16BrN5OS. The third kappa shape index (κ3) is 3.34. The molecule has 24 heavy (non-hydrogen) atoms. The minimum absolute atomic E-state index is 0.0586. The van der Waals surface area contributed by atoms with Crippen molar-refractivity contribution in [1.82, 2.24) is 19.1 Å². The molecule has 2 aromatic heterocycles. The fourth-order valence-corrected chi connectivity index (χ4v) is 2.97. The molecule has 1 N–H and O–H groups in total. The number of carbonyl (C=O) groups excluding carboxylic acids is 1. The van der Waals surface area contributed by atoms with Gasteiger partial charge < -0.3 is 5.32 Å². The van der Waals surface area contributed by atoms with Crippen molar-refractivity contribution in [2.75, 3.05) is 5.32 Å². The Kier molecular flexibility index (Phi) is 4.68. The highest BCUT2D eigenvalue weighted by Crippen LogP contribution is 2.20. The number of benzene rings is 1. The first kappa shape index (κ1) is 16.7. The third-order valence-corrected chi connectivity index (χ3v) is 4.80. The number of hydrogen-bond donors (Lipinski definition) is 1. The maximum atomic E-state index is 12.3. The summed E-state index contributed by atoms with van der Waals surface area (Å²) in [6.45, 7) is 3.88. The lowest BCUT2D eigenvalue weighted by atomic mass is 10.2. The number of anilines is 1. The van der Waals surface area contributed by atoms with Crippen LogP contribution in [0.15, 0.2) is 47.2 Å². The quantitative estimate of drug-likeness (QED) is 0.675. The van der Waals surface area contributed by atoms with Crippen molar-refractivity contribution in [2.45, 2.75) is 20.4 Å². The van der Waals surface area contributed by atoms with Gasteiger partial charge in [-0.05, 0) is 62.0 Å². The van der Waals surface area contributed by atoms with Gasteiger partial charge in [-0.2, -0.15) is 5.10 Å². The van der Waals surface area contributed by atoms with Gasteiger partial charge in [0.1, 0.15) is 12.4 Å². The molecule has 2 heterocycles.